The number of ether oxygens (including phenoxy) is 1. The second kappa shape index (κ2) is 10.5. The average molecular weight is 529 g/mol. The van der Waals surface area contributed by atoms with Gasteiger partial charge in [-0.15, -0.1) is 0 Å². The van der Waals surface area contributed by atoms with E-state index in [1.54, 1.807) is 67.8 Å². The summed E-state index contributed by atoms with van der Waals surface area (Å²) in [6, 6.07) is 26.4. The Hall–Kier alpha value is -4.50. The van der Waals surface area contributed by atoms with E-state index in [0.717, 1.165) is 16.8 Å². The quantitative estimate of drug-likeness (QED) is 0.281. The molecule has 0 atom stereocenters. The van der Waals surface area contributed by atoms with E-state index in [1.807, 2.05) is 30.3 Å². The third-order valence-electron chi connectivity index (χ3n) is 6.47. The fourth-order valence-electron chi connectivity index (χ4n) is 4.42. The summed E-state index contributed by atoms with van der Waals surface area (Å²) in [6.07, 6.45) is 0.637. The van der Waals surface area contributed by atoms with E-state index in [1.165, 1.54) is 4.31 Å². The average Bonchev–Trinajstić information content (AvgIpc) is 3.39. The molecule has 0 unspecified atom stereocenters. The molecule has 9 heteroatoms. The number of rotatable bonds is 8. The summed E-state index contributed by atoms with van der Waals surface area (Å²) in [5.74, 6) is 0.386. The van der Waals surface area contributed by atoms with E-state index in [4.69, 9.17) is 10.5 Å². The molecule has 1 amide bonds. The van der Waals surface area contributed by atoms with Gasteiger partial charge < -0.3 is 21.1 Å². The normalized spacial score (nSPS) is 12.6. The van der Waals surface area contributed by atoms with Gasteiger partial charge in [0.1, 0.15) is 5.75 Å². The Balaban J connectivity index is 1.30. The Morgan fingerprint density at radius 2 is 1.66 bits per heavy atom. The minimum atomic E-state index is -3.74. The number of sulfonamides is 1. The SMILES string of the molecule is COc1ccc(S(=O)(=O)N2CCc3cccc(NCc4ccc(C(=O)Nc5ccc(N)cc5)cc4)c32)cc1. The lowest BCUT2D eigenvalue weighted by molar-refractivity contribution is 0.102. The summed E-state index contributed by atoms with van der Waals surface area (Å²) in [5.41, 5.74) is 10.9. The van der Waals surface area contributed by atoms with Gasteiger partial charge in [0.25, 0.3) is 15.9 Å². The van der Waals surface area contributed by atoms with E-state index in [2.05, 4.69) is 10.6 Å². The van der Waals surface area contributed by atoms with Gasteiger partial charge in [-0.3, -0.25) is 9.10 Å². The highest BCUT2D eigenvalue weighted by Gasteiger charge is 2.32. The Kier molecular flexibility index (Phi) is 6.93. The lowest BCUT2D eigenvalue weighted by Crippen LogP contribution is -2.29. The van der Waals surface area contributed by atoms with Crippen molar-refractivity contribution < 1.29 is 17.9 Å². The van der Waals surface area contributed by atoms with Gasteiger partial charge >= 0.3 is 0 Å². The number of amides is 1. The zero-order valence-corrected chi connectivity index (χ0v) is 21.7. The number of benzene rings is 4. The third kappa shape index (κ3) is 5.14. The van der Waals surface area contributed by atoms with E-state index < -0.39 is 10.0 Å². The van der Waals surface area contributed by atoms with Crippen molar-refractivity contribution in [2.24, 2.45) is 0 Å². The molecule has 1 aliphatic heterocycles. The lowest BCUT2D eigenvalue weighted by atomic mass is 10.1. The highest BCUT2D eigenvalue weighted by atomic mass is 32.2. The van der Waals surface area contributed by atoms with Crippen molar-refractivity contribution in [1.29, 1.82) is 0 Å². The largest absolute Gasteiger partial charge is 0.497 e. The zero-order chi connectivity index (χ0) is 26.7. The van der Waals surface area contributed by atoms with Crippen molar-refractivity contribution in [2.75, 3.05) is 34.3 Å². The van der Waals surface area contributed by atoms with Crippen LogP contribution in [0.5, 0.6) is 5.75 Å². The summed E-state index contributed by atoms with van der Waals surface area (Å²) in [4.78, 5) is 12.8. The number of nitrogens with zero attached hydrogens (tertiary/aromatic N) is 1. The van der Waals surface area contributed by atoms with Crippen LogP contribution in [0.25, 0.3) is 0 Å². The van der Waals surface area contributed by atoms with E-state index >= 15 is 0 Å². The van der Waals surface area contributed by atoms with Crippen LogP contribution in [-0.4, -0.2) is 28.0 Å². The Morgan fingerprint density at radius 1 is 0.947 bits per heavy atom. The number of hydrogen-bond donors (Lipinski definition) is 3. The first-order valence-corrected chi connectivity index (χ1v) is 13.6. The number of fused-ring (bicyclic) bond motifs is 1. The van der Waals surface area contributed by atoms with E-state index in [-0.39, 0.29) is 10.8 Å². The van der Waals surface area contributed by atoms with E-state index in [0.29, 0.717) is 47.9 Å². The van der Waals surface area contributed by atoms with Gasteiger partial charge in [-0.2, -0.15) is 0 Å². The summed E-state index contributed by atoms with van der Waals surface area (Å²) < 4.78 is 33.6. The molecule has 0 fully saturated rings. The number of nitrogens with two attached hydrogens (primary N) is 1. The molecular weight excluding hydrogens is 500 g/mol. The number of nitrogen functional groups attached to an aromatic ring is 1. The maximum absolute atomic E-state index is 13.5. The number of carbonyl (C=O) groups excluding carboxylic acids is 1. The van der Waals surface area contributed by atoms with E-state index in [9.17, 15) is 13.2 Å². The van der Waals surface area contributed by atoms with Crippen LogP contribution in [-0.2, 0) is 23.0 Å². The molecule has 0 radical (unpaired) electrons. The summed E-state index contributed by atoms with van der Waals surface area (Å²) in [6.45, 7) is 0.840. The van der Waals surface area contributed by atoms with Gasteiger partial charge in [-0.05, 0) is 84.3 Å². The molecule has 4 aromatic rings. The van der Waals surface area contributed by atoms with Crippen LogP contribution >= 0.6 is 0 Å². The first-order chi connectivity index (χ1) is 18.3. The second-order valence-corrected chi connectivity index (χ2v) is 10.8. The van der Waals surface area contributed by atoms with Crippen molar-refractivity contribution in [3.8, 4) is 5.75 Å². The molecule has 0 saturated carbocycles. The van der Waals surface area contributed by atoms with Crippen LogP contribution in [0.1, 0.15) is 21.5 Å². The Bertz CT molecular complexity index is 1550. The molecule has 0 bridgehead atoms. The van der Waals surface area contributed by atoms with Crippen molar-refractivity contribution in [1.82, 2.24) is 0 Å². The van der Waals surface area contributed by atoms with Crippen molar-refractivity contribution in [3.63, 3.8) is 0 Å². The zero-order valence-electron chi connectivity index (χ0n) is 20.8. The summed E-state index contributed by atoms with van der Waals surface area (Å²) in [7, 11) is -2.20. The standard InChI is InChI=1S/C29H28N4O4S/c1-37-25-13-15-26(16-14-25)38(35,36)33-18-17-21-3-2-4-27(28(21)33)31-19-20-5-7-22(8-6-20)29(34)32-24-11-9-23(30)10-12-24/h2-16,31H,17-19,30H2,1H3,(H,32,34). The van der Waals surface area contributed by atoms with Crippen molar-refractivity contribution in [3.05, 3.63) is 108 Å². The Morgan fingerprint density at radius 3 is 2.34 bits per heavy atom. The number of hydrogen-bond acceptors (Lipinski definition) is 6. The number of carbonyl (C=O) groups is 1. The van der Waals surface area contributed by atoms with Crippen LogP contribution in [0.4, 0.5) is 22.7 Å². The van der Waals surface area contributed by atoms with Gasteiger partial charge in [0.05, 0.1) is 23.4 Å². The molecule has 4 aromatic carbocycles. The predicted octanol–water partition coefficient (Wildman–Crippen LogP) is 4.89. The molecule has 0 aliphatic carbocycles. The smallest absolute Gasteiger partial charge is 0.264 e. The highest BCUT2D eigenvalue weighted by Crippen LogP contribution is 2.39. The molecule has 0 aromatic heterocycles. The van der Waals surface area contributed by atoms with Crippen LogP contribution in [0.15, 0.2) is 95.9 Å². The van der Waals surface area contributed by atoms with Crippen LogP contribution in [0, 0.1) is 0 Å². The molecule has 194 valence electrons. The molecule has 0 spiro atoms. The fraction of sp³-hybridized carbons (Fsp3) is 0.138. The molecular formula is C29H28N4O4S. The van der Waals surface area contributed by atoms with Crippen molar-refractivity contribution >= 4 is 38.7 Å². The van der Waals surface area contributed by atoms with Gasteiger partial charge in [-0.25, -0.2) is 8.42 Å². The number of para-hydroxylation sites is 1. The lowest BCUT2D eigenvalue weighted by Gasteiger charge is -2.23. The maximum Gasteiger partial charge on any atom is 0.264 e. The monoisotopic (exact) mass is 528 g/mol. The maximum atomic E-state index is 13.5. The summed E-state index contributed by atoms with van der Waals surface area (Å²) in [5, 5.41) is 6.24. The molecule has 38 heavy (non-hydrogen) atoms. The molecule has 1 heterocycles. The van der Waals surface area contributed by atoms with Crippen LogP contribution < -0.4 is 25.4 Å². The topological polar surface area (TPSA) is 114 Å². The Labute approximate surface area is 222 Å². The molecule has 5 rings (SSSR count). The number of anilines is 4. The minimum absolute atomic E-state index is 0.213. The molecule has 1 aliphatic rings. The van der Waals surface area contributed by atoms with Gasteiger partial charge in [0, 0.05) is 30.0 Å². The number of methoxy groups -OCH3 is 1. The second-order valence-electron chi connectivity index (χ2n) is 8.94. The third-order valence-corrected chi connectivity index (χ3v) is 8.28. The molecule has 4 N–H and O–H groups in total. The van der Waals surface area contributed by atoms with Crippen LogP contribution in [0.2, 0.25) is 0 Å². The minimum Gasteiger partial charge on any atom is -0.497 e. The molecule has 0 saturated heterocycles. The fourth-order valence-corrected chi connectivity index (χ4v) is 5.94. The highest BCUT2D eigenvalue weighted by molar-refractivity contribution is 7.92. The van der Waals surface area contributed by atoms with Gasteiger partial charge in [0.2, 0.25) is 0 Å². The first-order valence-electron chi connectivity index (χ1n) is 12.1. The van der Waals surface area contributed by atoms with Crippen LogP contribution in [0.3, 0.4) is 0 Å². The van der Waals surface area contributed by atoms with Gasteiger partial charge in [-0.1, -0.05) is 24.3 Å². The first kappa shape index (κ1) is 25.2. The van der Waals surface area contributed by atoms with Gasteiger partial charge in [0.15, 0.2) is 0 Å². The van der Waals surface area contributed by atoms with Crippen molar-refractivity contribution in [2.45, 2.75) is 17.9 Å². The number of nitrogens with one attached hydrogen (secondary N) is 2. The predicted molar refractivity (Wildman–Crippen MR) is 150 cm³/mol. The summed E-state index contributed by atoms with van der Waals surface area (Å²) >= 11 is 0. The molecule has 8 nitrogen and oxygen atoms in total.